The van der Waals surface area contributed by atoms with Gasteiger partial charge in [-0.15, -0.1) is 11.3 Å². The van der Waals surface area contributed by atoms with Crippen LogP contribution in [0.1, 0.15) is 16.8 Å². The maximum absolute atomic E-state index is 13.4. The molecule has 3 aromatic rings. The van der Waals surface area contributed by atoms with Gasteiger partial charge in [-0.25, -0.2) is 9.37 Å². The standard InChI is InChI=1S/C16H13FN4O3S/c17-12-2-1-9(7-11(12)14(18)23)20-13(22)3-5-21-8-19-15-10(16(21)24)4-6-25-15/h1-2,4,6-8H,3,5H2,(H2,18,23)(H,20,22). The van der Waals surface area contributed by atoms with Crippen LogP contribution in [0.4, 0.5) is 10.1 Å². The van der Waals surface area contributed by atoms with E-state index in [1.165, 1.54) is 34.4 Å². The average Bonchev–Trinajstić information content (AvgIpc) is 3.05. The second-order valence-electron chi connectivity index (χ2n) is 5.24. The van der Waals surface area contributed by atoms with Gasteiger partial charge in [-0.05, 0) is 29.6 Å². The number of carbonyl (C=O) groups is 2. The van der Waals surface area contributed by atoms with Crippen LogP contribution in [0.25, 0.3) is 10.2 Å². The molecule has 0 bridgehead atoms. The Morgan fingerprint density at radius 3 is 2.88 bits per heavy atom. The maximum Gasteiger partial charge on any atom is 0.262 e. The van der Waals surface area contributed by atoms with Crippen LogP contribution in [-0.4, -0.2) is 21.4 Å². The van der Waals surface area contributed by atoms with E-state index < -0.39 is 11.7 Å². The molecule has 25 heavy (non-hydrogen) atoms. The predicted octanol–water partition coefficient (Wildman–Crippen LogP) is 1.72. The molecule has 2 heterocycles. The molecule has 0 aliphatic rings. The van der Waals surface area contributed by atoms with Gasteiger partial charge in [0.2, 0.25) is 5.91 Å². The van der Waals surface area contributed by atoms with Gasteiger partial charge in [0.05, 0.1) is 17.3 Å². The molecule has 0 saturated heterocycles. The molecule has 9 heteroatoms. The smallest absolute Gasteiger partial charge is 0.262 e. The van der Waals surface area contributed by atoms with Crippen molar-refractivity contribution in [2.24, 2.45) is 5.73 Å². The van der Waals surface area contributed by atoms with E-state index >= 15 is 0 Å². The summed E-state index contributed by atoms with van der Waals surface area (Å²) in [7, 11) is 0. The quantitative estimate of drug-likeness (QED) is 0.722. The van der Waals surface area contributed by atoms with Gasteiger partial charge in [-0.3, -0.25) is 19.0 Å². The van der Waals surface area contributed by atoms with Gasteiger partial charge in [0, 0.05) is 18.7 Å². The summed E-state index contributed by atoms with van der Waals surface area (Å²) in [5.74, 6) is -2.07. The van der Waals surface area contributed by atoms with E-state index in [1.807, 2.05) is 0 Å². The lowest BCUT2D eigenvalue weighted by Crippen LogP contribution is -2.23. The molecule has 0 saturated carbocycles. The number of benzene rings is 1. The summed E-state index contributed by atoms with van der Waals surface area (Å²) < 4.78 is 14.8. The molecule has 128 valence electrons. The van der Waals surface area contributed by atoms with Crippen LogP contribution >= 0.6 is 11.3 Å². The Bertz CT molecular complexity index is 1030. The second-order valence-corrected chi connectivity index (χ2v) is 6.13. The number of rotatable bonds is 5. The molecule has 3 N–H and O–H groups in total. The van der Waals surface area contributed by atoms with Crippen molar-refractivity contribution in [1.82, 2.24) is 9.55 Å². The molecular weight excluding hydrogens is 347 g/mol. The maximum atomic E-state index is 13.4. The minimum atomic E-state index is -0.921. The average molecular weight is 360 g/mol. The molecule has 2 aromatic heterocycles. The highest BCUT2D eigenvalue weighted by atomic mass is 32.1. The molecular formula is C16H13FN4O3S. The molecule has 0 aliphatic heterocycles. The number of anilines is 1. The number of hydrogen-bond donors (Lipinski definition) is 2. The van der Waals surface area contributed by atoms with Crippen molar-refractivity contribution in [1.29, 1.82) is 0 Å². The molecule has 1 aromatic carbocycles. The van der Waals surface area contributed by atoms with Gasteiger partial charge in [0.25, 0.3) is 11.5 Å². The fourth-order valence-corrected chi connectivity index (χ4v) is 3.01. The van der Waals surface area contributed by atoms with Crippen LogP contribution in [-0.2, 0) is 11.3 Å². The van der Waals surface area contributed by atoms with Gasteiger partial charge in [-0.2, -0.15) is 0 Å². The Kier molecular flexibility index (Phi) is 4.57. The number of hydrogen-bond acceptors (Lipinski definition) is 5. The van der Waals surface area contributed by atoms with Gasteiger partial charge in [0.1, 0.15) is 10.6 Å². The predicted molar refractivity (Wildman–Crippen MR) is 92.0 cm³/mol. The fraction of sp³-hybridized carbons (Fsp3) is 0.125. The summed E-state index contributed by atoms with van der Waals surface area (Å²) in [6.07, 6.45) is 1.41. The lowest BCUT2D eigenvalue weighted by molar-refractivity contribution is -0.116. The first-order chi connectivity index (χ1) is 12.0. The third-order valence-electron chi connectivity index (χ3n) is 3.55. The highest BCUT2D eigenvalue weighted by molar-refractivity contribution is 7.16. The Balaban J connectivity index is 1.68. The molecule has 0 fully saturated rings. The van der Waals surface area contributed by atoms with Crippen LogP contribution in [0.3, 0.4) is 0 Å². The Morgan fingerprint density at radius 1 is 1.32 bits per heavy atom. The zero-order valence-corrected chi connectivity index (χ0v) is 13.7. The minimum Gasteiger partial charge on any atom is -0.366 e. The van der Waals surface area contributed by atoms with Crippen LogP contribution < -0.4 is 16.6 Å². The first-order valence-corrected chi connectivity index (χ1v) is 8.15. The number of aromatic nitrogens is 2. The summed E-state index contributed by atoms with van der Waals surface area (Å²) in [6.45, 7) is 0.146. The zero-order chi connectivity index (χ0) is 18.0. The Labute approximate surface area is 144 Å². The summed E-state index contributed by atoms with van der Waals surface area (Å²) in [5.41, 5.74) is 4.80. The van der Waals surface area contributed by atoms with E-state index in [0.29, 0.717) is 10.2 Å². The van der Waals surface area contributed by atoms with Crippen molar-refractivity contribution >= 4 is 39.1 Å². The second kappa shape index (κ2) is 6.81. The van der Waals surface area contributed by atoms with Crippen LogP contribution in [0.2, 0.25) is 0 Å². The van der Waals surface area contributed by atoms with Gasteiger partial charge in [0.15, 0.2) is 0 Å². The summed E-state index contributed by atoms with van der Waals surface area (Å²) in [4.78, 5) is 40.2. The number of aryl methyl sites for hydroxylation is 1. The molecule has 7 nitrogen and oxygen atoms in total. The van der Waals surface area contributed by atoms with Crippen molar-refractivity contribution in [2.45, 2.75) is 13.0 Å². The number of carbonyl (C=O) groups excluding carboxylic acids is 2. The number of thiophene rings is 1. The number of primary amides is 1. The van der Waals surface area contributed by atoms with Crippen LogP contribution in [0.5, 0.6) is 0 Å². The number of nitrogens with one attached hydrogen (secondary N) is 1. The lowest BCUT2D eigenvalue weighted by Gasteiger charge is -2.08. The van der Waals surface area contributed by atoms with Crippen LogP contribution in [0, 0.1) is 5.82 Å². The molecule has 0 unspecified atom stereocenters. The van der Waals surface area contributed by atoms with Gasteiger partial charge < -0.3 is 11.1 Å². The van der Waals surface area contributed by atoms with Crippen molar-refractivity contribution in [2.75, 3.05) is 5.32 Å². The third-order valence-corrected chi connectivity index (χ3v) is 4.37. The van der Waals surface area contributed by atoms with Crippen molar-refractivity contribution < 1.29 is 14.0 Å². The molecule has 0 atom stereocenters. The van der Waals surface area contributed by atoms with E-state index in [4.69, 9.17) is 5.73 Å². The number of fused-ring (bicyclic) bond motifs is 1. The number of halogens is 1. The number of amides is 2. The van der Waals surface area contributed by atoms with Crippen molar-refractivity contribution in [3.63, 3.8) is 0 Å². The summed E-state index contributed by atoms with van der Waals surface area (Å²) in [5, 5.41) is 4.83. The largest absolute Gasteiger partial charge is 0.366 e. The molecule has 0 aliphatic carbocycles. The Morgan fingerprint density at radius 2 is 2.12 bits per heavy atom. The van der Waals surface area contributed by atoms with Gasteiger partial charge >= 0.3 is 0 Å². The molecule has 0 radical (unpaired) electrons. The topological polar surface area (TPSA) is 107 Å². The SMILES string of the molecule is NC(=O)c1cc(NC(=O)CCn2cnc3sccc3c2=O)ccc1F. The Hall–Kier alpha value is -3.07. The molecule has 2 amide bonds. The monoisotopic (exact) mass is 360 g/mol. The first kappa shape index (κ1) is 16.8. The molecule has 0 spiro atoms. The van der Waals surface area contributed by atoms with Crippen LogP contribution in [0.15, 0.2) is 40.8 Å². The number of nitrogens with zero attached hydrogens (tertiary/aromatic N) is 2. The normalized spacial score (nSPS) is 10.8. The highest BCUT2D eigenvalue weighted by Crippen LogP contribution is 2.15. The number of nitrogens with two attached hydrogens (primary N) is 1. The lowest BCUT2D eigenvalue weighted by atomic mass is 10.1. The van der Waals surface area contributed by atoms with E-state index in [2.05, 4.69) is 10.3 Å². The highest BCUT2D eigenvalue weighted by Gasteiger charge is 2.11. The summed E-state index contributed by atoms with van der Waals surface area (Å²) in [6, 6.07) is 5.23. The van der Waals surface area contributed by atoms with E-state index in [1.54, 1.807) is 11.4 Å². The zero-order valence-electron chi connectivity index (χ0n) is 12.9. The van der Waals surface area contributed by atoms with Crippen molar-refractivity contribution in [3.8, 4) is 0 Å². The van der Waals surface area contributed by atoms with E-state index in [0.717, 1.165) is 6.07 Å². The van der Waals surface area contributed by atoms with E-state index in [-0.39, 0.29) is 35.7 Å². The van der Waals surface area contributed by atoms with Crippen molar-refractivity contribution in [3.05, 3.63) is 57.7 Å². The van der Waals surface area contributed by atoms with Gasteiger partial charge in [-0.1, -0.05) is 0 Å². The third kappa shape index (κ3) is 3.56. The summed E-state index contributed by atoms with van der Waals surface area (Å²) >= 11 is 1.37. The minimum absolute atomic E-state index is 0.0144. The first-order valence-electron chi connectivity index (χ1n) is 7.27. The molecule has 3 rings (SSSR count). The van der Waals surface area contributed by atoms with E-state index in [9.17, 15) is 18.8 Å². The fourth-order valence-electron chi connectivity index (χ4n) is 2.29.